The van der Waals surface area contributed by atoms with E-state index in [0.717, 1.165) is 24.1 Å². The van der Waals surface area contributed by atoms with Crippen LogP contribution in [-0.2, 0) is 6.42 Å². The van der Waals surface area contributed by atoms with Gasteiger partial charge in [-0.3, -0.25) is 0 Å². The molecule has 0 spiro atoms. The molecule has 0 fully saturated rings. The molecule has 1 aromatic heterocycles. The SMILES string of the molecule is CCNC(Cc1ccc(Cl)cc1Cl)c1ccnnc1. The largest absolute Gasteiger partial charge is 0.310 e. The van der Waals surface area contributed by atoms with Crippen LogP contribution >= 0.6 is 23.2 Å². The van der Waals surface area contributed by atoms with Crippen LogP contribution in [0.5, 0.6) is 0 Å². The van der Waals surface area contributed by atoms with E-state index in [9.17, 15) is 0 Å². The lowest BCUT2D eigenvalue weighted by atomic mass is 10.0. The fraction of sp³-hybridized carbons (Fsp3) is 0.286. The second kappa shape index (κ2) is 6.85. The summed E-state index contributed by atoms with van der Waals surface area (Å²) >= 11 is 12.1. The molecule has 0 aliphatic carbocycles. The van der Waals surface area contributed by atoms with Crippen molar-refractivity contribution in [2.75, 3.05) is 6.54 Å². The Balaban J connectivity index is 2.21. The number of halogens is 2. The lowest BCUT2D eigenvalue weighted by Crippen LogP contribution is -2.23. The van der Waals surface area contributed by atoms with E-state index >= 15 is 0 Å². The fourth-order valence-corrected chi connectivity index (χ4v) is 2.45. The van der Waals surface area contributed by atoms with Crippen LogP contribution < -0.4 is 5.32 Å². The third kappa shape index (κ3) is 3.90. The molecule has 3 nitrogen and oxygen atoms in total. The Morgan fingerprint density at radius 1 is 1.21 bits per heavy atom. The van der Waals surface area contributed by atoms with Crippen molar-refractivity contribution < 1.29 is 0 Å². The third-order valence-electron chi connectivity index (χ3n) is 2.90. The maximum absolute atomic E-state index is 6.22. The summed E-state index contributed by atoms with van der Waals surface area (Å²) < 4.78 is 0. The molecule has 0 saturated carbocycles. The highest BCUT2D eigenvalue weighted by Gasteiger charge is 2.13. The summed E-state index contributed by atoms with van der Waals surface area (Å²) in [4.78, 5) is 0. The summed E-state index contributed by atoms with van der Waals surface area (Å²) in [6.45, 7) is 2.95. The van der Waals surface area contributed by atoms with E-state index in [1.54, 1.807) is 18.5 Å². The van der Waals surface area contributed by atoms with E-state index in [1.807, 2.05) is 18.2 Å². The van der Waals surface area contributed by atoms with Crippen molar-refractivity contribution in [3.05, 3.63) is 57.8 Å². The number of aromatic nitrogens is 2. The molecule has 19 heavy (non-hydrogen) atoms. The van der Waals surface area contributed by atoms with Crippen molar-refractivity contribution in [2.24, 2.45) is 0 Å². The lowest BCUT2D eigenvalue weighted by molar-refractivity contribution is 0.547. The van der Waals surface area contributed by atoms with Gasteiger partial charge in [0.1, 0.15) is 0 Å². The van der Waals surface area contributed by atoms with Gasteiger partial charge in [0.05, 0.1) is 6.20 Å². The van der Waals surface area contributed by atoms with E-state index in [4.69, 9.17) is 23.2 Å². The first-order chi connectivity index (χ1) is 9.20. The molecule has 1 heterocycles. The molecule has 0 bridgehead atoms. The Kier molecular flexibility index (Phi) is 5.14. The highest BCUT2D eigenvalue weighted by molar-refractivity contribution is 6.35. The Morgan fingerprint density at radius 3 is 2.68 bits per heavy atom. The lowest BCUT2D eigenvalue weighted by Gasteiger charge is -2.18. The van der Waals surface area contributed by atoms with Crippen molar-refractivity contribution in [3.63, 3.8) is 0 Å². The van der Waals surface area contributed by atoms with Gasteiger partial charge in [-0.05, 0) is 42.3 Å². The highest BCUT2D eigenvalue weighted by Crippen LogP contribution is 2.25. The summed E-state index contributed by atoms with van der Waals surface area (Å²) in [5, 5.41) is 12.5. The average Bonchev–Trinajstić information content (AvgIpc) is 2.42. The first-order valence-electron chi connectivity index (χ1n) is 6.14. The van der Waals surface area contributed by atoms with Crippen LogP contribution in [0.4, 0.5) is 0 Å². The van der Waals surface area contributed by atoms with E-state index in [0.29, 0.717) is 10.0 Å². The number of hydrogen-bond acceptors (Lipinski definition) is 3. The van der Waals surface area contributed by atoms with Gasteiger partial charge >= 0.3 is 0 Å². The van der Waals surface area contributed by atoms with Crippen LogP contribution in [-0.4, -0.2) is 16.7 Å². The molecule has 100 valence electrons. The van der Waals surface area contributed by atoms with Crippen molar-refractivity contribution in [3.8, 4) is 0 Å². The molecule has 0 saturated heterocycles. The Bertz CT molecular complexity index is 531. The summed E-state index contributed by atoms with van der Waals surface area (Å²) in [6.07, 6.45) is 4.26. The van der Waals surface area contributed by atoms with Gasteiger partial charge in [0, 0.05) is 22.3 Å². The number of benzene rings is 1. The quantitative estimate of drug-likeness (QED) is 0.914. The smallest absolute Gasteiger partial charge is 0.0544 e. The van der Waals surface area contributed by atoms with Gasteiger partial charge in [-0.2, -0.15) is 10.2 Å². The van der Waals surface area contributed by atoms with Gasteiger partial charge in [-0.15, -0.1) is 0 Å². The molecule has 0 aliphatic rings. The molecule has 0 amide bonds. The Morgan fingerprint density at radius 2 is 2.05 bits per heavy atom. The van der Waals surface area contributed by atoms with Crippen molar-refractivity contribution in [1.29, 1.82) is 0 Å². The third-order valence-corrected chi connectivity index (χ3v) is 3.49. The second-order valence-electron chi connectivity index (χ2n) is 4.23. The summed E-state index contributed by atoms with van der Waals surface area (Å²) in [5.74, 6) is 0. The first-order valence-corrected chi connectivity index (χ1v) is 6.90. The Labute approximate surface area is 123 Å². The Hall–Kier alpha value is -1.16. The minimum atomic E-state index is 0.166. The minimum absolute atomic E-state index is 0.166. The van der Waals surface area contributed by atoms with E-state index < -0.39 is 0 Å². The fourth-order valence-electron chi connectivity index (χ4n) is 1.97. The molecular formula is C14H15Cl2N3. The van der Waals surface area contributed by atoms with Gasteiger partial charge in [0.25, 0.3) is 0 Å². The number of likely N-dealkylation sites (N-methyl/N-ethyl adjacent to an activating group) is 1. The summed E-state index contributed by atoms with van der Waals surface area (Å²) in [5.41, 5.74) is 2.16. The maximum atomic E-state index is 6.22. The van der Waals surface area contributed by atoms with E-state index in [-0.39, 0.29) is 6.04 Å². The average molecular weight is 296 g/mol. The molecule has 2 rings (SSSR count). The van der Waals surface area contributed by atoms with Crippen LogP contribution in [0.1, 0.15) is 24.1 Å². The number of nitrogens with zero attached hydrogens (tertiary/aromatic N) is 2. The molecule has 1 unspecified atom stereocenters. The topological polar surface area (TPSA) is 37.8 Å². The summed E-state index contributed by atoms with van der Waals surface area (Å²) in [7, 11) is 0. The van der Waals surface area contributed by atoms with Gasteiger partial charge in [0.2, 0.25) is 0 Å². The zero-order chi connectivity index (χ0) is 13.7. The van der Waals surface area contributed by atoms with Gasteiger partial charge in [0.15, 0.2) is 0 Å². The van der Waals surface area contributed by atoms with Crippen molar-refractivity contribution in [1.82, 2.24) is 15.5 Å². The van der Waals surface area contributed by atoms with Crippen molar-refractivity contribution >= 4 is 23.2 Å². The normalized spacial score (nSPS) is 12.4. The van der Waals surface area contributed by atoms with Gasteiger partial charge in [-0.1, -0.05) is 36.2 Å². The first kappa shape index (κ1) is 14.3. The maximum Gasteiger partial charge on any atom is 0.0544 e. The predicted molar refractivity (Wildman–Crippen MR) is 78.6 cm³/mol. The molecular weight excluding hydrogens is 281 g/mol. The molecule has 1 aromatic carbocycles. The molecule has 0 aliphatic heterocycles. The molecule has 2 aromatic rings. The standard InChI is InChI=1S/C14H15Cl2N3/c1-2-17-14(11-5-6-18-19-9-11)7-10-3-4-12(15)8-13(10)16/h3-6,8-9,14,17H,2,7H2,1H3. The zero-order valence-corrected chi connectivity index (χ0v) is 12.1. The minimum Gasteiger partial charge on any atom is -0.310 e. The van der Waals surface area contributed by atoms with Crippen LogP contribution in [0, 0.1) is 0 Å². The van der Waals surface area contributed by atoms with Gasteiger partial charge in [-0.25, -0.2) is 0 Å². The van der Waals surface area contributed by atoms with Gasteiger partial charge < -0.3 is 5.32 Å². The van der Waals surface area contributed by atoms with Crippen LogP contribution in [0.15, 0.2) is 36.7 Å². The van der Waals surface area contributed by atoms with E-state index in [1.165, 1.54) is 0 Å². The van der Waals surface area contributed by atoms with Crippen molar-refractivity contribution in [2.45, 2.75) is 19.4 Å². The monoisotopic (exact) mass is 295 g/mol. The predicted octanol–water partition coefficient (Wildman–Crippen LogP) is 3.68. The van der Waals surface area contributed by atoms with Crippen LogP contribution in [0.2, 0.25) is 10.0 Å². The zero-order valence-electron chi connectivity index (χ0n) is 10.6. The molecule has 1 atom stereocenters. The molecule has 1 N–H and O–H groups in total. The van der Waals surface area contributed by atoms with Crippen LogP contribution in [0.3, 0.4) is 0 Å². The van der Waals surface area contributed by atoms with Crippen LogP contribution in [0.25, 0.3) is 0 Å². The highest BCUT2D eigenvalue weighted by atomic mass is 35.5. The van der Waals surface area contributed by atoms with E-state index in [2.05, 4.69) is 22.4 Å². The second-order valence-corrected chi connectivity index (χ2v) is 5.07. The molecule has 0 radical (unpaired) electrons. The number of rotatable bonds is 5. The number of nitrogens with one attached hydrogen (secondary N) is 1. The molecule has 5 heteroatoms. The number of hydrogen-bond donors (Lipinski definition) is 1. The summed E-state index contributed by atoms with van der Waals surface area (Å²) in [6, 6.07) is 7.72.